The van der Waals surface area contributed by atoms with Crippen molar-refractivity contribution in [1.29, 1.82) is 0 Å². The van der Waals surface area contributed by atoms with E-state index in [1.807, 2.05) is 6.92 Å². The van der Waals surface area contributed by atoms with Crippen molar-refractivity contribution >= 4 is 17.4 Å². The Morgan fingerprint density at radius 2 is 1.94 bits per heavy atom. The van der Waals surface area contributed by atoms with E-state index in [-0.39, 0.29) is 5.69 Å². The fraction of sp³-hybridized carbons (Fsp3) is 0.500. The molecule has 1 atom stereocenters. The van der Waals surface area contributed by atoms with Gasteiger partial charge in [-0.15, -0.1) is 11.8 Å². The molecule has 0 bridgehead atoms. The van der Waals surface area contributed by atoms with Crippen LogP contribution in [0, 0.1) is 0 Å². The number of thioether (sulfide) groups is 1. The summed E-state index contributed by atoms with van der Waals surface area (Å²) < 4.78 is 37.3. The maximum Gasteiger partial charge on any atom is 0.416 e. The lowest BCUT2D eigenvalue weighted by Gasteiger charge is -2.21. The summed E-state index contributed by atoms with van der Waals surface area (Å²) in [6.45, 7) is 3.52. The Labute approximate surface area is 108 Å². The molecule has 6 heteroatoms. The highest BCUT2D eigenvalue weighted by Crippen LogP contribution is 2.35. The molecular formula is C12H16F3NOS. The Bertz CT molecular complexity index is 418. The summed E-state index contributed by atoms with van der Waals surface area (Å²) in [4.78, 5) is 0.553. The van der Waals surface area contributed by atoms with Gasteiger partial charge in [-0.25, -0.2) is 0 Å². The van der Waals surface area contributed by atoms with Crippen LogP contribution in [0.1, 0.15) is 25.8 Å². The van der Waals surface area contributed by atoms with Gasteiger partial charge in [0.15, 0.2) is 0 Å². The molecule has 3 N–H and O–H groups in total. The molecule has 0 heterocycles. The van der Waals surface area contributed by atoms with E-state index in [0.29, 0.717) is 17.1 Å². The van der Waals surface area contributed by atoms with Crippen molar-refractivity contribution in [1.82, 2.24) is 0 Å². The van der Waals surface area contributed by atoms with Gasteiger partial charge >= 0.3 is 6.18 Å². The Morgan fingerprint density at radius 3 is 2.39 bits per heavy atom. The zero-order valence-electron chi connectivity index (χ0n) is 10.2. The fourth-order valence-corrected chi connectivity index (χ4v) is 2.25. The first-order chi connectivity index (χ1) is 8.15. The number of nitrogen functional groups attached to an aromatic ring is 1. The summed E-state index contributed by atoms with van der Waals surface area (Å²) >= 11 is 1.26. The monoisotopic (exact) mass is 279 g/mol. The number of nitrogens with two attached hydrogens (primary N) is 1. The quantitative estimate of drug-likeness (QED) is 0.654. The number of hydrogen-bond donors (Lipinski definition) is 2. The molecule has 0 spiro atoms. The van der Waals surface area contributed by atoms with Crippen LogP contribution in [0.2, 0.25) is 0 Å². The second-order valence-corrected chi connectivity index (χ2v) is 5.41. The highest BCUT2D eigenvalue weighted by atomic mass is 32.2. The van der Waals surface area contributed by atoms with E-state index in [1.54, 1.807) is 6.92 Å². The normalized spacial score (nSPS) is 15.4. The van der Waals surface area contributed by atoms with Gasteiger partial charge in [0, 0.05) is 16.3 Å². The molecule has 2 nitrogen and oxygen atoms in total. The molecular weight excluding hydrogens is 263 g/mol. The molecule has 0 fully saturated rings. The van der Waals surface area contributed by atoms with Gasteiger partial charge in [0.1, 0.15) is 0 Å². The predicted octanol–water partition coefficient (Wildman–Crippen LogP) is 3.54. The first kappa shape index (κ1) is 15.2. The molecule has 102 valence electrons. The summed E-state index contributed by atoms with van der Waals surface area (Å²) in [6, 6.07) is 3.26. The van der Waals surface area contributed by atoms with Gasteiger partial charge in [-0.2, -0.15) is 13.2 Å². The highest BCUT2D eigenvalue weighted by Gasteiger charge is 2.31. The Balaban J connectivity index is 2.81. The number of halogens is 3. The van der Waals surface area contributed by atoms with Gasteiger partial charge in [0.05, 0.1) is 11.2 Å². The summed E-state index contributed by atoms with van der Waals surface area (Å²) in [7, 11) is 0. The number of benzene rings is 1. The molecule has 0 aromatic heterocycles. The maximum atomic E-state index is 12.4. The average Bonchev–Trinajstić information content (AvgIpc) is 2.26. The third-order valence-corrected chi connectivity index (χ3v) is 4.09. The van der Waals surface area contributed by atoms with Crippen molar-refractivity contribution in [3.8, 4) is 0 Å². The van der Waals surface area contributed by atoms with Crippen molar-refractivity contribution in [3.63, 3.8) is 0 Å². The molecule has 1 rings (SSSR count). The number of aliphatic hydroxyl groups is 1. The molecule has 1 unspecified atom stereocenters. The minimum atomic E-state index is -4.38. The molecule has 1 aromatic carbocycles. The summed E-state index contributed by atoms with van der Waals surface area (Å²) in [5.41, 5.74) is 4.07. The first-order valence-electron chi connectivity index (χ1n) is 5.47. The van der Waals surface area contributed by atoms with Crippen LogP contribution in [0.5, 0.6) is 0 Å². The van der Waals surface area contributed by atoms with Gasteiger partial charge in [-0.3, -0.25) is 0 Å². The van der Waals surface area contributed by atoms with Crippen LogP contribution in [0.25, 0.3) is 0 Å². The van der Waals surface area contributed by atoms with Crippen LogP contribution in [0.4, 0.5) is 18.9 Å². The van der Waals surface area contributed by atoms with Crippen molar-refractivity contribution in [2.75, 3.05) is 11.5 Å². The van der Waals surface area contributed by atoms with Crippen LogP contribution in [-0.2, 0) is 6.18 Å². The van der Waals surface area contributed by atoms with Gasteiger partial charge < -0.3 is 10.8 Å². The second-order valence-electron chi connectivity index (χ2n) is 4.39. The van der Waals surface area contributed by atoms with E-state index in [4.69, 9.17) is 5.73 Å². The average molecular weight is 279 g/mol. The molecule has 1 aromatic rings. The van der Waals surface area contributed by atoms with E-state index in [1.165, 1.54) is 17.8 Å². The highest BCUT2D eigenvalue weighted by molar-refractivity contribution is 7.99. The topological polar surface area (TPSA) is 46.2 Å². The third-order valence-electron chi connectivity index (χ3n) is 2.64. The van der Waals surface area contributed by atoms with E-state index >= 15 is 0 Å². The van der Waals surface area contributed by atoms with Crippen LogP contribution in [0.15, 0.2) is 23.1 Å². The van der Waals surface area contributed by atoms with Crippen molar-refractivity contribution in [3.05, 3.63) is 23.8 Å². The molecule has 18 heavy (non-hydrogen) atoms. The van der Waals surface area contributed by atoms with E-state index in [9.17, 15) is 18.3 Å². The number of hydrogen-bond acceptors (Lipinski definition) is 3. The van der Waals surface area contributed by atoms with E-state index in [2.05, 4.69) is 0 Å². The fourth-order valence-electron chi connectivity index (χ4n) is 1.19. The lowest BCUT2D eigenvalue weighted by molar-refractivity contribution is -0.137. The van der Waals surface area contributed by atoms with Gasteiger partial charge in [0.2, 0.25) is 0 Å². The van der Waals surface area contributed by atoms with E-state index in [0.717, 1.165) is 12.1 Å². The zero-order chi connectivity index (χ0) is 14.0. The van der Waals surface area contributed by atoms with Crippen LogP contribution >= 0.6 is 11.8 Å². The summed E-state index contributed by atoms with van der Waals surface area (Å²) in [6.07, 6.45) is -3.81. The van der Waals surface area contributed by atoms with Crippen LogP contribution < -0.4 is 5.73 Å². The zero-order valence-corrected chi connectivity index (χ0v) is 11.0. The van der Waals surface area contributed by atoms with E-state index < -0.39 is 17.3 Å². The molecule has 0 amide bonds. The predicted molar refractivity (Wildman–Crippen MR) is 67.5 cm³/mol. The van der Waals surface area contributed by atoms with Crippen molar-refractivity contribution in [2.24, 2.45) is 0 Å². The van der Waals surface area contributed by atoms with Gasteiger partial charge in [-0.05, 0) is 31.5 Å². The van der Waals surface area contributed by atoms with Crippen molar-refractivity contribution in [2.45, 2.75) is 36.9 Å². The number of anilines is 1. The molecule has 0 aliphatic carbocycles. The largest absolute Gasteiger partial charge is 0.416 e. The third kappa shape index (κ3) is 4.10. The Kier molecular flexibility index (Phi) is 4.55. The summed E-state index contributed by atoms with van der Waals surface area (Å²) in [5, 5.41) is 9.82. The van der Waals surface area contributed by atoms with Crippen LogP contribution in [0.3, 0.4) is 0 Å². The standard InChI is InChI=1S/C12H16F3NOS/c1-3-11(2,17)7-18-10-5-4-8(6-9(10)16)12(13,14)15/h4-6,17H,3,7,16H2,1-2H3. The first-order valence-corrected chi connectivity index (χ1v) is 6.46. The molecule has 0 aliphatic heterocycles. The molecule has 0 saturated carbocycles. The second kappa shape index (κ2) is 5.40. The number of rotatable bonds is 4. The van der Waals surface area contributed by atoms with Crippen LogP contribution in [-0.4, -0.2) is 16.5 Å². The van der Waals surface area contributed by atoms with Gasteiger partial charge in [-0.1, -0.05) is 6.92 Å². The van der Waals surface area contributed by atoms with Crippen molar-refractivity contribution < 1.29 is 18.3 Å². The summed E-state index contributed by atoms with van der Waals surface area (Å²) in [5.74, 6) is 0.388. The lowest BCUT2D eigenvalue weighted by atomic mass is 10.1. The smallest absolute Gasteiger partial charge is 0.398 e. The molecule has 0 aliphatic rings. The Hall–Kier alpha value is -0.880. The maximum absolute atomic E-state index is 12.4. The lowest BCUT2D eigenvalue weighted by Crippen LogP contribution is -2.25. The Morgan fingerprint density at radius 1 is 1.33 bits per heavy atom. The number of alkyl halides is 3. The molecule has 0 saturated heterocycles. The molecule has 0 radical (unpaired) electrons. The van der Waals surface area contributed by atoms with Gasteiger partial charge in [0.25, 0.3) is 0 Å². The minimum absolute atomic E-state index is 0.0849. The minimum Gasteiger partial charge on any atom is -0.398 e. The SMILES string of the molecule is CCC(C)(O)CSc1ccc(C(F)(F)F)cc1N.